The third kappa shape index (κ3) is 2.87. The molecule has 1 heterocycles. The van der Waals surface area contributed by atoms with Crippen LogP contribution < -0.4 is 10.5 Å². The van der Waals surface area contributed by atoms with Crippen molar-refractivity contribution in [1.29, 1.82) is 0 Å². The number of benzene rings is 1. The van der Waals surface area contributed by atoms with Gasteiger partial charge in [0.1, 0.15) is 5.75 Å². The zero-order chi connectivity index (χ0) is 11.4. The zero-order valence-electron chi connectivity index (χ0n) is 9.44. The van der Waals surface area contributed by atoms with Crippen molar-refractivity contribution in [3.8, 4) is 5.75 Å². The van der Waals surface area contributed by atoms with E-state index in [1.165, 1.54) is 0 Å². The molecule has 1 fully saturated rings. The SMILES string of the molecule is COc1cc(N)cc(COC2CCOC2)c1. The first-order valence-corrected chi connectivity index (χ1v) is 5.40. The predicted octanol–water partition coefficient (Wildman–Crippen LogP) is 1.58. The molecule has 1 unspecified atom stereocenters. The van der Waals surface area contributed by atoms with E-state index in [0.717, 1.165) is 24.3 Å². The second kappa shape index (κ2) is 5.18. The van der Waals surface area contributed by atoms with Gasteiger partial charge in [0.05, 0.1) is 26.4 Å². The van der Waals surface area contributed by atoms with E-state index in [1.807, 2.05) is 12.1 Å². The van der Waals surface area contributed by atoms with E-state index in [4.69, 9.17) is 19.9 Å². The largest absolute Gasteiger partial charge is 0.497 e. The molecule has 2 rings (SSSR count). The van der Waals surface area contributed by atoms with Gasteiger partial charge in [-0.15, -0.1) is 0 Å². The normalized spacial score (nSPS) is 19.9. The van der Waals surface area contributed by atoms with Gasteiger partial charge >= 0.3 is 0 Å². The predicted molar refractivity (Wildman–Crippen MR) is 61.4 cm³/mol. The van der Waals surface area contributed by atoms with Gasteiger partial charge in [0.15, 0.2) is 0 Å². The molecule has 1 aliphatic rings. The average Bonchev–Trinajstić information content (AvgIpc) is 2.78. The number of ether oxygens (including phenoxy) is 3. The number of hydrogen-bond acceptors (Lipinski definition) is 4. The molecular formula is C12H17NO3. The maximum Gasteiger partial charge on any atom is 0.121 e. The molecule has 4 nitrogen and oxygen atoms in total. The van der Waals surface area contributed by atoms with Gasteiger partial charge in [-0.25, -0.2) is 0 Å². The fraction of sp³-hybridized carbons (Fsp3) is 0.500. The summed E-state index contributed by atoms with van der Waals surface area (Å²) in [5, 5.41) is 0. The Morgan fingerprint density at radius 3 is 3.00 bits per heavy atom. The summed E-state index contributed by atoms with van der Waals surface area (Å²) in [5.41, 5.74) is 7.48. The van der Waals surface area contributed by atoms with Crippen molar-refractivity contribution < 1.29 is 14.2 Å². The van der Waals surface area contributed by atoms with Crippen LogP contribution in [0.25, 0.3) is 0 Å². The fourth-order valence-electron chi connectivity index (χ4n) is 1.75. The minimum atomic E-state index is 0.215. The number of nitrogen functional groups attached to an aromatic ring is 1. The van der Waals surface area contributed by atoms with Gasteiger partial charge in [0, 0.05) is 18.4 Å². The highest BCUT2D eigenvalue weighted by molar-refractivity contribution is 5.47. The van der Waals surface area contributed by atoms with Gasteiger partial charge in [0.2, 0.25) is 0 Å². The second-order valence-corrected chi connectivity index (χ2v) is 3.91. The Balaban J connectivity index is 1.94. The van der Waals surface area contributed by atoms with E-state index in [-0.39, 0.29) is 6.10 Å². The number of hydrogen-bond donors (Lipinski definition) is 1. The van der Waals surface area contributed by atoms with Crippen LogP contribution in [0.5, 0.6) is 5.75 Å². The standard InChI is InChI=1S/C12H17NO3/c1-14-12-5-9(4-10(13)6-12)7-16-11-2-3-15-8-11/h4-6,11H,2-3,7-8,13H2,1H3. The van der Waals surface area contributed by atoms with Crippen LogP contribution in [0.15, 0.2) is 18.2 Å². The molecule has 0 amide bonds. The molecule has 0 aliphatic carbocycles. The van der Waals surface area contributed by atoms with Gasteiger partial charge in [-0.2, -0.15) is 0 Å². The molecule has 88 valence electrons. The molecule has 4 heteroatoms. The molecule has 1 saturated heterocycles. The Labute approximate surface area is 95.3 Å². The quantitative estimate of drug-likeness (QED) is 0.787. The van der Waals surface area contributed by atoms with Gasteiger partial charge in [-0.1, -0.05) is 0 Å². The Kier molecular flexibility index (Phi) is 3.64. The lowest BCUT2D eigenvalue weighted by Crippen LogP contribution is -2.12. The van der Waals surface area contributed by atoms with Gasteiger partial charge in [-0.3, -0.25) is 0 Å². The highest BCUT2D eigenvalue weighted by atomic mass is 16.5. The molecule has 0 aromatic heterocycles. The monoisotopic (exact) mass is 223 g/mol. The first-order chi connectivity index (χ1) is 7.78. The molecular weight excluding hydrogens is 206 g/mol. The Morgan fingerprint density at radius 1 is 1.44 bits per heavy atom. The van der Waals surface area contributed by atoms with Crippen LogP contribution in [-0.2, 0) is 16.1 Å². The number of rotatable bonds is 4. The molecule has 0 saturated carbocycles. The van der Waals surface area contributed by atoms with Crippen LogP contribution in [0.4, 0.5) is 5.69 Å². The lowest BCUT2D eigenvalue weighted by atomic mass is 10.2. The first-order valence-electron chi connectivity index (χ1n) is 5.40. The zero-order valence-corrected chi connectivity index (χ0v) is 9.44. The molecule has 1 atom stereocenters. The van der Waals surface area contributed by atoms with Crippen LogP contribution in [0.2, 0.25) is 0 Å². The molecule has 0 radical (unpaired) electrons. The third-order valence-electron chi connectivity index (χ3n) is 2.60. The fourth-order valence-corrected chi connectivity index (χ4v) is 1.75. The summed E-state index contributed by atoms with van der Waals surface area (Å²) in [7, 11) is 1.63. The molecule has 0 bridgehead atoms. The van der Waals surface area contributed by atoms with E-state index in [0.29, 0.717) is 18.9 Å². The summed E-state index contributed by atoms with van der Waals surface area (Å²) in [6.07, 6.45) is 1.19. The van der Waals surface area contributed by atoms with E-state index in [9.17, 15) is 0 Å². The second-order valence-electron chi connectivity index (χ2n) is 3.91. The molecule has 1 aliphatic heterocycles. The van der Waals surface area contributed by atoms with Crippen molar-refractivity contribution in [2.24, 2.45) is 0 Å². The van der Waals surface area contributed by atoms with Crippen molar-refractivity contribution in [3.63, 3.8) is 0 Å². The highest BCUT2D eigenvalue weighted by Gasteiger charge is 2.15. The lowest BCUT2D eigenvalue weighted by Gasteiger charge is -2.11. The van der Waals surface area contributed by atoms with Crippen LogP contribution in [-0.4, -0.2) is 26.4 Å². The van der Waals surface area contributed by atoms with Crippen LogP contribution >= 0.6 is 0 Å². The molecule has 2 N–H and O–H groups in total. The number of methoxy groups -OCH3 is 1. The minimum Gasteiger partial charge on any atom is -0.497 e. The maximum atomic E-state index is 5.76. The van der Waals surface area contributed by atoms with Crippen molar-refractivity contribution in [1.82, 2.24) is 0 Å². The van der Waals surface area contributed by atoms with Crippen molar-refractivity contribution in [2.75, 3.05) is 26.1 Å². The molecule has 0 spiro atoms. The van der Waals surface area contributed by atoms with Gasteiger partial charge < -0.3 is 19.9 Å². The van der Waals surface area contributed by atoms with Crippen molar-refractivity contribution >= 4 is 5.69 Å². The Morgan fingerprint density at radius 2 is 2.31 bits per heavy atom. The van der Waals surface area contributed by atoms with E-state index >= 15 is 0 Å². The van der Waals surface area contributed by atoms with Crippen molar-refractivity contribution in [3.05, 3.63) is 23.8 Å². The smallest absolute Gasteiger partial charge is 0.121 e. The summed E-state index contributed by atoms with van der Waals surface area (Å²) in [5.74, 6) is 0.765. The summed E-state index contributed by atoms with van der Waals surface area (Å²) < 4.78 is 16.1. The van der Waals surface area contributed by atoms with Crippen LogP contribution in [0.1, 0.15) is 12.0 Å². The van der Waals surface area contributed by atoms with Gasteiger partial charge in [0.25, 0.3) is 0 Å². The minimum absolute atomic E-state index is 0.215. The topological polar surface area (TPSA) is 53.7 Å². The molecule has 16 heavy (non-hydrogen) atoms. The summed E-state index contributed by atoms with van der Waals surface area (Å²) >= 11 is 0. The van der Waals surface area contributed by atoms with E-state index < -0.39 is 0 Å². The van der Waals surface area contributed by atoms with Gasteiger partial charge in [-0.05, 0) is 24.1 Å². The number of nitrogens with two attached hydrogens (primary N) is 1. The molecule has 1 aromatic rings. The average molecular weight is 223 g/mol. The number of anilines is 1. The summed E-state index contributed by atoms with van der Waals surface area (Å²) in [6.45, 7) is 2.04. The van der Waals surface area contributed by atoms with E-state index in [1.54, 1.807) is 13.2 Å². The summed E-state index contributed by atoms with van der Waals surface area (Å²) in [6, 6.07) is 5.63. The maximum absolute atomic E-state index is 5.76. The first kappa shape index (κ1) is 11.2. The summed E-state index contributed by atoms with van der Waals surface area (Å²) in [4.78, 5) is 0. The highest BCUT2D eigenvalue weighted by Crippen LogP contribution is 2.20. The van der Waals surface area contributed by atoms with Crippen molar-refractivity contribution in [2.45, 2.75) is 19.1 Å². The third-order valence-corrected chi connectivity index (χ3v) is 2.60. The van der Waals surface area contributed by atoms with E-state index in [2.05, 4.69) is 0 Å². The Hall–Kier alpha value is -1.26. The molecule has 1 aromatic carbocycles. The lowest BCUT2D eigenvalue weighted by molar-refractivity contribution is 0.0317. The van der Waals surface area contributed by atoms with Crippen LogP contribution in [0.3, 0.4) is 0 Å². The van der Waals surface area contributed by atoms with Crippen LogP contribution in [0, 0.1) is 0 Å². The Bertz CT molecular complexity index is 348.